The maximum absolute atomic E-state index is 13.1. The molecule has 5 rings (SSSR count). The second kappa shape index (κ2) is 7.02. The van der Waals surface area contributed by atoms with Crippen LogP contribution in [-0.4, -0.2) is 57.4 Å². The summed E-state index contributed by atoms with van der Waals surface area (Å²) in [4.78, 5) is 33.7. The minimum absolute atomic E-state index is 0.0308. The normalized spacial score (nSPS) is 21.8. The topological polar surface area (TPSA) is 73.7 Å². The summed E-state index contributed by atoms with van der Waals surface area (Å²) in [5.74, 6) is 0.112. The third-order valence-corrected chi connectivity index (χ3v) is 5.64. The molecule has 0 unspecified atom stereocenters. The maximum Gasteiger partial charge on any atom is 0.257 e. The van der Waals surface area contributed by atoms with Crippen molar-refractivity contribution in [2.45, 2.75) is 25.8 Å². The van der Waals surface area contributed by atoms with E-state index in [9.17, 15) is 14.7 Å². The van der Waals surface area contributed by atoms with E-state index >= 15 is 0 Å². The van der Waals surface area contributed by atoms with Gasteiger partial charge in [0.25, 0.3) is 11.8 Å². The van der Waals surface area contributed by atoms with E-state index in [1.54, 1.807) is 49.6 Å². The summed E-state index contributed by atoms with van der Waals surface area (Å²) in [7, 11) is 0. The lowest BCUT2D eigenvalue weighted by atomic mass is 9.94. The van der Waals surface area contributed by atoms with E-state index in [0.29, 0.717) is 36.3 Å². The number of fused-ring (bicyclic) bond motifs is 4. The number of hydrogen-bond acceptors (Lipinski definition) is 4. The van der Waals surface area contributed by atoms with Crippen molar-refractivity contribution in [1.82, 2.24) is 14.8 Å². The molecular weight excluding hydrogens is 342 g/mol. The molecule has 3 aliphatic rings. The minimum Gasteiger partial charge on any atom is -0.507 e. The fourth-order valence-electron chi connectivity index (χ4n) is 4.15. The number of piperidine rings is 1. The molecule has 0 aliphatic carbocycles. The number of carbonyl (C=O) groups is 2. The molecule has 3 fully saturated rings. The van der Waals surface area contributed by atoms with Crippen molar-refractivity contribution >= 4 is 11.8 Å². The lowest BCUT2D eigenvalue weighted by Crippen LogP contribution is -2.47. The van der Waals surface area contributed by atoms with Crippen molar-refractivity contribution in [1.29, 1.82) is 0 Å². The Morgan fingerprint density at radius 3 is 2.70 bits per heavy atom. The molecule has 1 aromatic heterocycles. The first-order valence-corrected chi connectivity index (χ1v) is 9.33. The molecule has 2 atom stereocenters. The number of benzene rings is 1. The van der Waals surface area contributed by atoms with Crippen LogP contribution in [0, 0.1) is 12.8 Å². The van der Waals surface area contributed by atoms with Crippen LogP contribution in [0.5, 0.6) is 5.75 Å². The highest BCUT2D eigenvalue weighted by molar-refractivity contribution is 5.98. The molecule has 1 aromatic carbocycles. The van der Waals surface area contributed by atoms with Gasteiger partial charge in [-0.05, 0) is 49.4 Å². The molecule has 27 heavy (non-hydrogen) atoms. The zero-order valence-corrected chi connectivity index (χ0v) is 15.3. The zero-order chi connectivity index (χ0) is 19.0. The number of aryl methyl sites for hydroxylation is 1. The largest absolute Gasteiger partial charge is 0.507 e. The summed E-state index contributed by atoms with van der Waals surface area (Å²) in [6, 6.07) is 8.75. The predicted octanol–water partition coefficient (Wildman–Crippen LogP) is 2.47. The maximum atomic E-state index is 13.1. The molecule has 1 N–H and O–H groups in total. The number of rotatable bonds is 2. The number of aromatic hydroxyl groups is 1. The number of phenolic OH excluding ortho intramolecular Hbond substituents is 1. The molecule has 6 heteroatoms. The standard InChI is InChI=1S/C21H23N3O3/c1-14-4-2-6-18(19(14)25)21(27)24-12-15-7-8-17(24)13-23(11-15)20(26)16-5-3-9-22-10-16/h2-6,9-10,15,17,25H,7-8,11-13H2,1H3/t15-,17+/m0/s1. The van der Waals surface area contributed by atoms with Gasteiger partial charge < -0.3 is 14.9 Å². The Labute approximate surface area is 158 Å². The van der Waals surface area contributed by atoms with Crippen LogP contribution in [0.2, 0.25) is 0 Å². The Balaban J connectivity index is 1.57. The lowest BCUT2D eigenvalue weighted by Gasteiger charge is -2.36. The van der Waals surface area contributed by atoms with Crippen molar-refractivity contribution < 1.29 is 14.7 Å². The van der Waals surface area contributed by atoms with Gasteiger partial charge in [-0.2, -0.15) is 0 Å². The molecular formula is C21H23N3O3. The van der Waals surface area contributed by atoms with Gasteiger partial charge in [0.1, 0.15) is 5.75 Å². The molecule has 3 saturated heterocycles. The molecule has 0 spiro atoms. The number of aromatic nitrogens is 1. The average Bonchev–Trinajstić information content (AvgIpc) is 3.02. The van der Waals surface area contributed by atoms with Crippen molar-refractivity contribution in [2.75, 3.05) is 19.6 Å². The number of para-hydroxylation sites is 1. The highest BCUT2D eigenvalue weighted by Gasteiger charge is 2.39. The van der Waals surface area contributed by atoms with Crippen LogP contribution in [-0.2, 0) is 0 Å². The third kappa shape index (κ3) is 3.27. The molecule has 2 aromatic rings. The molecule has 0 saturated carbocycles. The van der Waals surface area contributed by atoms with E-state index in [4.69, 9.17) is 0 Å². The van der Waals surface area contributed by atoms with Gasteiger partial charge in [0.05, 0.1) is 11.1 Å². The van der Waals surface area contributed by atoms with Crippen molar-refractivity contribution in [3.8, 4) is 5.75 Å². The molecule has 6 nitrogen and oxygen atoms in total. The summed E-state index contributed by atoms with van der Waals surface area (Å²) in [6.07, 6.45) is 5.12. The molecule has 2 amide bonds. The smallest absolute Gasteiger partial charge is 0.257 e. The van der Waals surface area contributed by atoms with Gasteiger partial charge in [0, 0.05) is 38.1 Å². The van der Waals surface area contributed by atoms with E-state index in [0.717, 1.165) is 12.8 Å². The van der Waals surface area contributed by atoms with Crippen LogP contribution in [0.3, 0.4) is 0 Å². The summed E-state index contributed by atoms with van der Waals surface area (Å²) in [5.41, 5.74) is 1.61. The van der Waals surface area contributed by atoms with Crippen LogP contribution in [0.4, 0.5) is 0 Å². The Kier molecular flexibility index (Phi) is 4.56. The quantitative estimate of drug-likeness (QED) is 0.887. The summed E-state index contributed by atoms with van der Waals surface area (Å²) in [6.45, 7) is 3.57. The van der Waals surface area contributed by atoms with Crippen LogP contribution >= 0.6 is 0 Å². The van der Waals surface area contributed by atoms with E-state index in [1.165, 1.54) is 0 Å². The number of phenols is 1. The first-order chi connectivity index (χ1) is 13.0. The predicted molar refractivity (Wildman–Crippen MR) is 101 cm³/mol. The number of carbonyl (C=O) groups excluding carboxylic acids is 2. The highest BCUT2D eigenvalue weighted by atomic mass is 16.3. The summed E-state index contributed by atoms with van der Waals surface area (Å²) >= 11 is 0. The van der Waals surface area contributed by atoms with Crippen LogP contribution in [0.1, 0.15) is 39.1 Å². The molecule has 3 aliphatic heterocycles. The number of nitrogens with zero attached hydrogens (tertiary/aromatic N) is 3. The molecule has 2 bridgehead atoms. The van der Waals surface area contributed by atoms with Gasteiger partial charge in [0.2, 0.25) is 0 Å². The van der Waals surface area contributed by atoms with Crippen molar-refractivity contribution in [3.05, 3.63) is 59.4 Å². The lowest BCUT2D eigenvalue weighted by molar-refractivity contribution is 0.0571. The summed E-state index contributed by atoms with van der Waals surface area (Å²) in [5, 5.41) is 10.3. The minimum atomic E-state index is -0.151. The first-order valence-electron chi connectivity index (χ1n) is 9.33. The Hall–Kier alpha value is -2.89. The molecule has 0 radical (unpaired) electrons. The first kappa shape index (κ1) is 17.5. The van der Waals surface area contributed by atoms with Gasteiger partial charge in [-0.15, -0.1) is 0 Å². The van der Waals surface area contributed by atoms with Gasteiger partial charge in [-0.25, -0.2) is 0 Å². The summed E-state index contributed by atoms with van der Waals surface area (Å²) < 4.78 is 0. The van der Waals surface area contributed by atoms with E-state index in [-0.39, 0.29) is 29.5 Å². The van der Waals surface area contributed by atoms with Crippen LogP contribution in [0.25, 0.3) is 0 Å². The Morgan fingerprint density at radius 2 is 1.93 bits per heavy atom. The van der Waals surface area contributed by atoms with E-state index < -0.39 is 0 Å². The van der Waals surface area contributed by atoms with Crippen LogP contribution < -0.4 is 0 Å². The number of pyridine rings is 1. The SMILES string of the molecule is Cc1cccc(C(=O)N2C[C@H]3CC[C@@H]2CN(C(=O)c2cccnc2)C3)c1O. The van der Waals surface area contributed by atoms with Crippen molar-refractivity contribution in [3.63, 3.8) is 0 Å². The Morgan fingerprint density at radius 1 is 1.07 bits per heavy atom. The van der Waals surface area contributed by atoms with Crippen molar-refractivity contribution in [2.24, 2.45) is 5.92 Å². The van der Waals surface area contributed by atoms with Gasteiger partial charge in [-0.3, -0.25) is 14.6 Å². The zero-order valence-electron chi connectivity index (χ0n) is 15.3. The number of amides is 2. The van der Waals surface area contributed by atoms with Crippen LogP contribution in [0.15, 0.2) is 42.7 Å². The van der Waals surface area contributed by atoms with Gasteiger partial charge in [0.15, 0.2) is 0 Å². The van der Waals surface area contributed by atoms with Gasteiger partial charge in [-0.1, -0.05) is 12.1 Å². The van der Waals surface area contributed by atoms with Gasteiger partial charge >= 0.3 is 0 Å². The average molecular weight is 365 g/mol. The van der Waals surface area contributed by atoms with E-state index in [1.807, 2.05) is 9.80 Å². The second-order valence-electron chi connectivity index (χ2n) is 7.48. The number of hydrogen-bond donors (Lipinski definition) is 1. The fourth-order valence-corrected chi connectivity index (χ4v) is 4.15. The second-order valence-corrected chi connectivity index (χ2v) is 7.48. The Bertz CT molecular complexity index is 868. The molecule has 4 heterocycles. The molecule has 140 valence electrons. The highest BCUT2D eigenvalue weighted by Crippen LogP contribution is 2.32. The third-order valence-electron chi connectivity index (χ3n) is 5.64. The van der Waals surface area contributed by atoms with E-state index in [2.05, 4.69) is 4.98 Å². The fraction of sp³-hybridized carbons (Fsp3) is 0.381. The monoisotopic (exact) mass is 365 g/mol.